The Morgan fingerprint density at radius 1 is 0.442 bits per heavy atom. The van der Waals surface area contributed by atoms with Gasteiger partial charge in [0.2, 0.25) is 0 Å². The molecule has 8 aromatic rings. The van der Waals surface area contributed by atoms with E-state index in [1.54, 1.807) is 0 Å². The minimum Gasteiger partial charge on any atom is -0.299 e. The van der Waals surface area contributed by atoms with Crippen LogP contribution in [-0.4, -0.2) is 14.4 Å². The molecule has 0 N–H and O–H groups in total. The molecule has 43 heavy (non-hydrogen) atoms. The quantitative estimate of drug-likeness (QED) is 0.214. The molecule has 3 nitrogen and oxygen atoms in total. The Balaban J connectivity index is 1.33. The summed E-state index contributed by atoms with van der Waals surface area (Å²) in [6.45, 7) is 0. The average molecular weight is 550 g/mol. The molecular weight excluding hydrogens is 522 g/mol. The van der Waals surface area contributed by atoms with Gasteiger partial charge in [-0.25, -0.2) is 4.98 Å². The molecule has 0 aliphatic heterocycles. The van der Waals surface area contributed by atoms with Gasteiger partial charge in [0, 0.05) is 29.7 Å². The van der Waals surface area contributed by atoms with Gasteiger partial charge in [-0.2, -0.15) is 0 Å². The highest BCUT2D eigenvalue weighted by Crippen LogP contribution is 2.38. The molecule has 202 valence electrons. The van der Waals surface area contributed by atoms with Crippen LogP contribution in [0.1, 0.15) is 0 Å². The summed E-state index contributed by atoms with van der Waals surface area (Å²) >= 11 is 0. The van der Waals surface area contributed by atoms with Crippen LogP contribution in [0.2, 0.25) is 0 Å². The highest BCUT2D eigenvalue weighted by Gasteiger charge is 2.17. The van der Waals surface area contributed by atoms with Crippen molar-refractivity contribution in [3.63, 3.8) is 0 Å². The second-order valence-electron chi connectivity index (χ2n) is 10.7. The van der Waals surface area contributed by atoms with E-state index < -0.39 is 0 Å². The van der Waals surface area contributed by atoms with Gasteiger partial charge in [-0.3, -0.25) is 9.38 Å². The van der Waals surface area contributed by atoms with Crippen molar-refractivity contribution in [2.75, 3.05) is 0 Å². The third-order valence-corrected chi connectivity index (χ3v) is 8.09. The monoisotopic (exact) mass is 549 g/mol. The van der Waals surface area contributed by atoms with Crippen LogP contribution in [0, 0.1) is 0 Å². The Hall–Kier alpha value is -5.80. The molecule has 0 atom stereocenters. The summed E-state index contributed by atoms with van der Waals surface area (Å²) in [7, 11) is 0. The van der Waals surface area contributed by atoms with E-state index in [4.69, 9.17) is 4.98 Å². The average Bonchev–Trinajstić information content (AvgIpc) is 3.48. The van der Waals surface area contributed by atoms with Crippen LogP contribution in [0.3, 0.4) is 0 Å². The molecule has 0 aliphatic rings. The number of nitrogens with zero attached hydrogens (tertiary/aromatic N) is 3. The summed E-state index contributed by atoms with van der Waals surface area (Å²) in [4.78, 5) is 9.37. The van der Waals surface area contributed by atoms with Gasteiger partial charge < -0.3 is 0 Å². The zero-order valence-corrected chi connectivity index (χ0v) is 23.4. The van der Waals surface area contributed by atoms with Crippen LogP contribution in [0.25, 0.3) is 72.3 Å². The molecule has 3 aromatic heterocycles. The fraction of sp³-hybridized carbons (Fsp3) is 0. The fourth-order valence-electron chi connectivity index (χ4n) is 6.05. The topological polar surface area (TPSA) is 30.2 Å². The molecule has 0 spiro atoms. The lowest BCUT2D eigenvalue weighted by Crippen LogP contribution is -1.90. The standard InChI is InChI=1S/C40H27N3/c1-2-11-30(12-3-1)40-39(42-38-18-6-7-23-43(38)40)32-15-8-14-31(24-32)34-25-33(28-19-21-41-22-20-28)26-35(27-34)37-17-9-13-29-10-4-5-16-36(29)37/h1-27H. The number of pyridine rings is 2. The molecule has 5 aromatic carbocycles. The maximum absolute atomic E-state index is 5.11. The number of aromatic nitrogens is 3. The zero-order valence-electron chi connectivity index (χ0n) is 23.4. The summed E-state index contributed by atoms with van der Waals surface area (Å²) in [6, 6.07) is 51.6. The van der Waals surface area contributed by atoms with E-state index in [1.807, 2.05) is 18.5 Å². The second kappa shape index (κ2) is 10.6. The lowest BCUT2D eigenvalue weighted by molar-refractivity contribution is 1.19. The highest BCUT2D eigenvalue weighted by atomic mass is 15.0. The van der Waals surface area contributed by atoms with E-state index in [2.05, 4.69) is 155 Å². The molecule has 0 saturated carbocycles. The van der Waals surface area contributed by atoms with Crippen LogP contribution < -0.4 is 0 Å². The first-order valence-corrected chi connectivity index (χ1v) is 14.5. The Labute approximate surface area is 250 Å². The third-order valence-electron chi connectivity index (χ3n) is 8.09. The molecule has 0 saturated heterocycles. The van der Waals surface area contributed by atoms with Gasteiger partial charge in [0.1, 0.15) is 5.65 Å². The first-order valence-electron chi connectivity index (χ1n) is 14.5. The largest absolute Gasteiger partial charge is 0.299 e. The maximum Gasteiger partial charge on any atom is 0.137 e. The lowest BCUT2D eigenvalue weighted by atomic mass is 9.91. The highest BCUT2D eigenvalue weighted by molar-refractivity contribution is 5.98. The summed E-state index contributed by atoms with van der Waals surface area (Å²) in [5.41, 5.74) is 12.2. The molecular formula is C40H27N3. The van der Waals surface area contributed by atoms with Gasteiger partial charge >= 0.3 is 0 Å². The van der Waals surface area contributed by atoms with Crippen LogP contribution in [0.4, 0.5) is 0 Å². The van der Waals surface area contributed by atoms with E-state index in [1.165, 1.54) is 21.9 Å². The Morgan fingerprint density at radius 2 is 1.09 bits per heavy atom. The van der Waals surface area contributed by atoms with Crippen molar-refractivity contribution in [3.05, 3.63) is 164 Å². The van der Waals surface area contributed by atoms with Crippen LogP contribution in [0.15, 0.2) is 164 Å². The van der Waals surface area contributed by atoms with Gasteiger partial charge in [0.15, 0.2) is 0 Å². The molecule has 0 aliphatic carbocycles. The number of rotatable bonds is 5. The number of hydrogen-bond donors (Lipinski definition) is 0. The molecule has 0 unspecified atom stereocenters. The van der Waals surface area contributed by atoms with Gasteiger partial charge in [-0.1, -0.05) is 97.1 Å². The van der Waals surface area contributed by atoms with E-state index in [0.29, 0.717) is 0 Å². The first-order chi connectivity index (χ1) is 21.3. The number of fused-ring (bicyclic) bond motifs is 2. The summed E-state index contributed by atoms with van der Waals surface area (Å²) < 4.78 is 2.18. The van der Waals surface area contributed by atoms with E-state index in [9.17, 15) is 0 Å². The maximum atomic E-state index is 5.11. The zero-order chi connectivity index (χ0) is 28.6. The second-order valence-corrected chi connectivity index (χ2v) is 10.7. The smallest absolute Gasteiger partial charge is 0.137 e. The number of hydrogen-bond acceptors (Lipinski definition) is 2. The van der Waals surface area contributed by atoms with Crippen molar-refractivity contribution in [1.29, 1.82) is 0 Å². The summed E-state index contributed by atoms with van der Waals surface area (Å²) in [5, 5.41) is 2.48. The van der Waals surface area contributed by atoms with Crippen LogP contribution in [0.5, 0.6) is 0 Å². The van der Waals surface area contributed by atoms with Gasteiger partial charge in [0.05, 0.1) is 11.4 Å². The van der Waals surface area contributed by atoms with Gasteiger partial charge in [-0.05, 0) is 92.7 Å². The van der Waals surface area contributed by atoms with Crippen LogP contribution >= 0.6 is 0 Å². The Kier molecular flexibility index (Phi) is 6.12. The Bertz CT molecular complexity index is 2230. The minimum atomic E-state index is 0.930. The van der Waals surface area contributed by atoms with Crippen molar-refractivity contribution < 1.29 is 0 Å². The SMILES string of the molecule is c1ccc(-c2c(-c3cccc(-c4cc(-c5ccncc5)cc(-c5cccc6ccccc56)c4)c3)nc3ccccn23)cc1. The number of benzene rings is 5. The van der Waals surface area contributed by atoms with E-state index >= 15 is 0 Å². The van der Waals surface area contributed by atoms with Crippen LogP contribution in [-0.2, 0) is 0 Å². The van der Waals surface area contributed by atoms with Gasteiger partial charge in [-0.15, -0.1) is 0 Å². The van der Waals surface area contributed by atoms with E-state index in [0.717, 1.165) is 50.4 Å². The predicted molar refractivity (Wildman–Crippen MR) is 178 cm³/mol. The van der Waals surface area contributed by atoms with Crippen molar-refractivity contribution in [2.45, 2.75) is 0 Å². The lowest BCUT2D eigenvalue weighted by Gasteiger charge is -2.14. The fourth-order valence-corrected chi connectivity index (χ4v) is 6.05. The third kappa shape index (κ3) is 4.58. The predicted octanol–water partition coefficient (Wildman–Crippen LogP) is 10.2. The summed E-state index contributed by atoms with van der Waals surface area (Å²) in [5.74, 6) is 0. The molecule has 0 amide bonds. The molecule has 0 fully saturated rings. The molecule has 0 bridgehead atoms. The Morgan fingerprint density at radius 3 is 1.98 bits per heavy atom. The molecule has 8 rings (SSSR count). The van der Waals surface area contributed by atoms with Crippen molar-refractivity contribution >= 4 is 16.4 Å². The minimum absolute atomic E-state index is 0.930. The van der Waals surface area contributed by atoms with Crippen molar-refractivity contribution in [3.8, 4) is 55.9 Å². The first kappa shape index (κ1) is 25.0. The van der Waals surface area contributed by atoms with Crippen molar-refractivity contribution in [2.24, 2.45) is 0 Å². The normalized spacial score (nSPS) is 11.3. The van der Waals surface area contributed by atoms with Gasteiger partial charge in [0.25, 0.3) is 0 Å². The van der Waals surface area contributed by atoms with Crippen molar-refractivity contribution in [1.82, 2.24) is 14.4 Å². The molecule has 3 heteroatoms. The number of imidazole rings is 1. The molecule has 0 radical (unpaired) electrons. The van der Waals surface area contributed by atoms with E-state index in [-0.39, 0.29) is 0 Å². The molecule has 3 heterocycles. The summed E-state index contributed by atoms with van der Waals surface area (Å²) in [6.07, 6.45) is 5.80.